The lowest BCUT2D eigenvalue weighted by Crippen LogP contribution is -2.22. The van der Waals surface area contributed by atoms with Crippen LogP contribution in [0.2, 0.25) is 5.02 Å². The molecule has 0 unspecified atom stereocenters. The third kappa shape index (κ3) is 4.42. The van der Waals surface area contributed by atoms with E-state index in [0.29, 0.717) is 16.3 Å². The van der Waals surface area contributed by atoms with Crippen molar-refractivity contribution in [1.82, 2.24) is 4.90 Å². The van der Waals surface area contributed by atoms with Crippen molar-refractivity contribution >= 4 is 38.9 Å². The zero-order valence-corrected chi connectivity index (χ0v) is 16.2. The van der Waals surface area contributed by atoms with Crippen LogP contribution in [0.15, 0.2) is 47.4 Å². The summed E-state index contributed by atoms with van der Waals surface area (Å²) < 4.78 is 23.6. The predicted molar refractivity (Wildman–Crippen MR) is 102 cm³/mol. The minimum absolute atomic E-state index is 0.0130. The van der Waals surface area contributed by atoms with Gasteiger partial charge in [0.15, 0.2) is 9.84 Å². The van der Waals surface area contributed by atoms with E-state index in [0.717, 1.165) is 0 Å². The maximum atomic E-state index is 12.4. The first-order valence-electron chi connectivity index (χ1n) is 7.81. The van der Waals surface area contributed by atoms with Crippen LogP contribution in [0, 0.1) is 0 Å². The second kappa shape index (κ2) is 7.88. The van der Waals surface area contributed by atoms with Gasteiger partial charge < -0.3 is 10.2 Å². The molecule has 0 radical (unpaired) electrons. The third-order valence-electron chi connectivity index (χ3n) is 3.72. The molecule has 2 aromatic rings. The number of benzene rings is 2. The zero-order chi connectivity index (χ0) is 19.5. The van der Waals surface area contributed by atoms with Gasteiger partial charge in [-0.3, -0.25) is 9.59 Å². The highest BCUT2D eigenvalue weighted by Gasteiger charge is 2.15. The molecule has 0 bridgehead atoms. The summed E-state index contributed by atoms with van der Waals surface area (Å²) in [6.07, 6.45) is 0. The first-order chi connectivity index (χ1) is 12.2. The molecule has 0 spiro atoms. The summed E-state index contributed by atoms with van der Waals surface area (Å²) in [4.78, 5) is 26.0. The smallest absolute Gasteiger partial charge is 0.255 e. The molecule has 0 saturated carbocycles. The van der Waals surface area contributed by atoms with Crippen LogP contribution in [-0.4, -0.2) is 45.0 Å². The van der Waals surface area contributed by atoms with E-state index in [1.165, 1.54) is 41.3 Å². The molecule has 0 heterocycles. The average Bonchev–Trinajstić information content (AvgIpc) is 2.62. The lowest BCUT2D eigenvalue weighted by atomic mass is 10.1. The van der Waals surface area contributed by atoms with Crippen LogP contribution < -0.4 is 5.32 Å². The van der Waals surface area contributed by atoms with E-state index in [4.69, 9.17) is 11.6 Å². The van der Waals surface area contributed by atoms with E-state index < -0.39 is 15.7 Å². The molecule has 26 heavy (non-hydrogen) atoms. The van der Waals surface area contributed by atoms with Crippen LogP contribution in [0.25, 0.3) is 0 Å². The Morgan fingerprint density at radius 1 is 1.04 bits per heavy atom. The van der Waals surface area contributed by atoms with E-state index in [9.17, 15) is 18.0 Å². The van der Waals surface area contributed by atoms with Crippen molar-refractivity contribution in [3.8, 4) is 0 Å². The van der Waals surface area contributed by atoms with Gasteiger partial charge in [-0.25, -0.2) is 8.42 Å². The number of nitrogens with zero attached hydrogens (tertiary/aromatic N) is 1. The molecule has 2 aromatic carbocycles. The number of rotatable bonds is 5. The van der Waals surface area contributed by atoms with E-state index in [-0.39, 0.29) is 22.1 Å². The monoisotopic (exact) mass is 394 g/mol. The summed E-state index contributed by atoms with van der Waals surface area (Å²) in [5.41, 5.74) is 0.967. The van der Waals surface area contributed by atoms with Gasteiger partial charge in [-0.2, -0.15) is 0 Å². The predicted octanol–water partition coefficient (Wildman–Crippen LogP) is 3.09. The Labute approximate surface area is 157 Å². The Kier molecular flexibility index (Phi) is 6.05. The molecule has 0 saturated heterocycles. The van der Waals surface area contributed by atoms with Crippen molar-refractivity contribution in [3.63, 3.8) is 0 Å². The van der Waals surface area contributed by atoms with Crippen LogP contribution in [0.5, 0.6) is 0 Å². The van der Waals surface area contributed by atoms with Crippen molar-refractivity contribution in [1.29, 1.82) is 0 Å². The molecule has 0 atom stereocenters. The first-order valence-corrected chi connectivity index (χ1v) is 9.84. The van der Waals surface area contributed by atoms with Gasteiger partial charge >= 0.3 is 0 Å². The van der Waals surface area contributed by atoms with Gasteiger partial charge in [-0.05, 0) is 42.5 Å². The summed E-state index contributed by atoms with van der Waals surface area (Å²) in [7, 11) is -0.0723. The number of halogens is 1. The van der Waals surface area contributed by atoms with Crippen molar-refractivity contribution in [3.05, 3.63) is 58.6 Å². The number of sulfone groups is 1. The summed E-state index contributed by atoms with van der Waals surface area (Å²) >= 11 is 6.10. The SMILES string of the molecule is CCS(=O)(=O)c1ccc(C(=O)Nc2cc(C(=O)N(C)C)ccc2Cl)cc1. The maximum absolute atomic E-state index is 12.4. The molecular weight excluding hydrogens is 376 g/mol. The van der Waals surface area contributed by atoms with Crippen molar-refractivity contribution in [2.45, 2.75) is 11.8 Å². The number of carbonyl (C=O) groups is 2. The summed E-state index contributed by atoms with van der Waals surface area (Å²) in [6.45, 7) is 1.56. The quantitative estimate of drug-likeness (QED) is 0.844. The van der Waals surface area contributed by atoms with Gasteiger partial charge in [0.2, 0.25) is 0 Å². The molecule has 2 amide bonds. The molecular formula is C18H19ClN2O4S. The second-order valence-electron chi connectivity index (χ2n) is 5.78. The molecule has 6 nitrogen and oxygen atoms in total. The Morgan fingerprint density at radius 2 is 1.62 bits per heavy atom. The normalized spacial score (nSPS) is 11.1. The van der Waals surface area contributed by atoms with Gasteiger partial charge in [0.25, 0.3) is 11.8 Å². The second-order valence-corrected chi connectivity index (χ2v) is 8.46. The number of nitrogens with one attached hydrogen (secondary N) is 1. The molecule has 0 aliphatic carbocycles. The average molecular weight is 395 g/mol. The Hall–Kier alpha value is -2.38. The zero-order valence-electron chi connectivity index (χ0n) is 14.6. The Balaban J connectivity index is 2.25. The maximum Gasteiger partial charge on any atom is 0.255 e. The molecule has 0 aliphatic rings. The highest BCUT2D eigenvalue weighted by molar-refractivity contribution is 7.91. The van der Waals surface area contributed by atoms with E-state index in [1.54, 1.807) is 27.1 Å². The van der Waals surface area contributed by atoms with Gasteiger partial charge in [-0.15, -0.1) is 0 Å². The van der Waals surface area contributed by atoms with Gasteiger partial charge in [-0.1, -0.05) is 18.5 Å². The number of amides is 2. The lowest BCUT2D eigenvalue weighted by Gasteiger charge is -2.13. The van der Waals surface area contributed by atoms with E-state index in [1.807, 2.05) is 0 Å². The third-order valence-corrected chi connectivity index (χ3v) is 5.80. The summed E-state index contributed by atoms with van der Waals surface area (Å²) in [6, 6.07) is 10.2. The van der Waals surface area contributed by atoms with Gasteiger partial charge in [0, 0.05) is 25.2 Å². The molecule has 138 valence electrons. The molecule has 2 rings (SSSR count). The summed E-state index contributed by atoms with van der Waals surface area (Å²) in [5, 5.41) is 2.93. The van der Waals surface area contributed by atoms with Crippen molar-refractivity contribution < 1.29 is 18.0 Å². The van der Waals surface area contributed by atoms with Gasteiger partial charge in [0.1, 0.15) is 0 Å². The van der Waals surface area contributed by atoms with Crippen LogP contribution >= 0.6 is 11.6 Å². The van der Waals surface area contributed by atoms with E-state index >= 15 is 0 Å². The van der Waals surface area contributed by atoms with Gasteiger partial charge in [0.05, 0.1) is 21.4 Å². The van der Waals surface area contributed by atoms with Crippen LogP contribution in [-0.2, 0) is 9.84 Å². The Morgan fingerprint density at radius 3 is 2.15 bits per heavy atom. The highest BCUT2D eigenvalue weighted by Crippen LogP contribution is 2.24. The molecule has 0 aliphatic heterocycles. The fraction of sp³-hybridized carbons (Fsp3) is 0.222. The van der Waals surface area contributed by atoms with Crippen molar-refractivity contribution in [2.24, 2.45) is 0 Å². The summed E-state index contributed by atoms with van der Waals surface area (Å²) in [5.74, 6) is -0.686. The van der Waals surface area contributed by atoms with Crippen LogP contribution in [0.3, 0.4) is 0 Å². The topological polar surface area (TPSA) is 83.5 Å². The van der Waals surface area contributed by atoms with E-state index in [2.05, 4.69) is 5.32 Å². The number of hydrogen-bond donors (Lipinski definition) is 1. The number of anilines is 1. The van der Waals surface area contributed by atoms with Crippen molar-refractivity contribution in [2.75, 3.05) is 25.2 Å². The minimum atomic E-state index is -3.32. The fourth-order valence-electron chi connectivity index (χ4n) is 2.19. The minimum Gasteiger partial charge on any atom is -0.345 e. The largest absolute Gasteiger partial charge is 0.345 e. The highest BCUT2D eigenvalue weighted by atomic mass is 35.5. The standard InChI is InChI=1S/C18H19ClN2O4S/c1-4-26(24,25)14-8-5-12(6-9-14)17(22)20-16-11-13(7-10-15(16)19)18(23)21(2)3/h5-11H,4H2,1-3H3,(H,20,22). The molecule has 0 fully saturated rings. The van der Waals surface area contributed by atoms with Crippen LogP contribution in [0.4, 0.5) is 5.69 Å². The van der Waals surface area contributed by atoms with Crippen LogP contribution in [0.1, 0.15) is 27.6 Å². The lowest BCUT2D eigenvalue weighted by molar-refractivity contribution is 0.0827. The Bertz CT molecular complexity index is 938. The molecule has 0 aromatic heterocycles. The fourth-order valence-corrected chi connectivity index (χ4v) is 3.24. The number of hydrogen-bond acceptors (Lipinski definition) is 4. The first kappa shape index (κ1) is 19.9. The molecule has 1 N–H and O–H groups in total. The molecule has 8 heteroatoms. The number of carbonyl (C=O) groups excluding carboxylic acids is 2.